The summed E-state index contributed by atoms with van der Waals surface area (Å²) in [6.07, 6.45) is 4.45. The zero-order chi connectivity index (χ0) is 14.4. The smallest absolute Gasteiger partial charge is 0.236 e. The molecule has 3 aliphatic heterocycles. The first-order chi connectivity index (χ1) is 10.1. The van der Waals surface area contributed by atoms with E-state index < -0.39 is 10.0 Å². The summed E-state index contributed by atoms with van der Waals surface area (Å²) in [5.74, 6) is 0.812. The molecule has 0 amide bonds. The Morgan fingerprint density at radius 3 is 2.29 bits per heavy atom. The van der Waals surface area contributed by atoms with Crippen LogP contribution in [0.1, 0.15) is 18.4 Å². The van der Waals surface area contributed by atoms with Crippen LogP contribution < -0.4 is 0 Å². The minimum Gasteiger partial charge on any atom is -0.374 e. The second-order valence-corrected chi connectivity index (χ2v) is 8.01. The van der Waals surface area contributed by atoms with E-state index in [-0.39, 0.29) is 0 Å². The first kappa shape index (κ1) is 13.5. The van der Waals surface area contributed by atoms with Crippen LogP contribution in [-0.2, 0) is 14.8 Å². The molecule has 3 heterocycles. The Hall–Kier alpha value is -1.17. The molecule has 0 radical (unpaired) electrons. The third kappa shape index (κ3) is 2.33. The summed E-state index contributed by atoms with van der Waals surface area (Å²) < 4.78 is 32.5. The highest BCUT2D eigenvalue weighted by Crippen LogP contribution is 2.47. The Morgan fingerprint density at radius 1 is 1.05 bits per heavy atom. The van der Waals surface area contributed by atoms with E-state index in [2.05, 4.69) is 0 Å². The monoisotopic (exact) mass is 305 g/mol. The van der Waals surface area contributed by atoms with Crippen LogP contribution in [0.5, 0.6) is 0 Å². The molecule has 0 unspecified atom stereocenters. The largest absolute Gasteiger partial charge is 0.374 e. The lowest BCUT2D eigenvalue weighted by Gasteiger charge is -2.18. The Morgan fingerprint density at radius 2 is 1.67 bits per heavy atom. The van der Waals surface area contributed by atoms with Gasteiger partial charge in [0.05, 0.1) is 12.2 Å². The molecule has 5 heteroatoms. The maximum absolute atomic E-state index is 12.5. The standard InChI is InChI=1S/C16H19NO3S/c18-21(19,9-8-12-4-2-1-3-5-12)17-10-13-14(11-17)16-7-6-15(13)20-16/h1-5,8-9,13-16H,6-7,10-11H2/b9-8-/t13-,14-,15+,16+/m0/s1. The first-order valence-electron chi connectivity index (χ1n) is 7.52. The van der Waals surface area contributed by atoms with Gasteiger partial charge >= 0.3 is 0 Å². The molecule has 3 aliphatic rings. The molecular formula is C16H19NO3S. The molecule has 0 aliphatic carbocycles. The van der Waals surface area contributed by atoms with Gasteiger partial charge in [0.25, 0.3) is 0 Å². The lowest BCUT2D eigenvalue weighted by Crippen LogP contribution is -2.29. The lowest BCUT2D eigenvalue weighted by molar-refractivity contribution is 0.0780. The summed E-state index contributed by atoms with van der Waals surface area (Å²) in [5.41, 5.74) is 0.906. The van der Waals surface area contributed by atoms with Gasteiger partial charge in [-0.15, -0.1) is 0 Å². The molecular weight excluding hydrogens is 286 g/mol. The summed E-state index contributed by atoms with van der Waals surface area (Å²) in [5, 5.41) is 1.34. The second-order valence-electron chi connectivity index (χ2n) is 6.19. The van der Waals surface area contributed by atoms with Crippen molar-refractivity contribution in [1.82, 2.24) is 4.31 Å². The van der Waals surface area contributed by atoms with Gasteiger partial charge in [0.2, 0.25) is 10.0 Å². The fourth-order valence-corrected chi connectivity index (χ4v) is 5.20. The molecule has 112 valence electrons. The van der Waals surface area contributed by atoms with Crippen LogP contribution in [0, 0.1) is 11.8 Å². The molecule has 21 heavy (non-hydrogen) atoms. The third-order valence-corrected chi connectivity index (χ3v) is 6.51. The van der Waals surface area contributed by atoms with Crippen LogP contribution in [0.4, 0.5) is 0 Å². The van der Waals surface area contributed by atoms with Crippen molar-refractivity contribution in [1.29, 1.82) is 0 Å². The van der Waals surface area contributed by atoms with E-state index in [1.54, 1.807) is 10.4 Å². The van der Waals surface area contributed by atoms with Crippen molar-refractivity contribution >= 4 is 16.1 Å². The number of hydrogen-bond donors (Lipinski definition) is 0. The number of nitrogens with zero attached hydrogens (tertiary/aromatic N) is 1. The van der Waals surface area contributed by atoms with E-state index in [0.29, 0.717) is 37.1 Å². The van der Waals surface area contributed by atoms with Gasteiger partial charge in [-0.1, -0.05) is 30.3 Å². The normalized spacial score (nSPS) is 35.6. The molecule has 4 nitrogen and oxygen atoms in total. The van der Waals surface area contributed by atoms with E-state index in [1.807, 2.05) is 30.3 Å². The molecule has 3 fully saturated rings. The Bertz CT molecular complexity index is 637. The van der Waals surface area contributed by atoms with Crippen molar-refractivity contribution in [2.24, 2.45) is 11.8 Å². The molecule has 4 rings (SSSR count). The molecule has 2 bridgehead atoms. The quantitative estimate of drug-likeness (QED) is 0.859. The number of sulfonamides is 1. The lowest BCUT2D eigenvalue weighted by atomic mass is 9.82. The zero-order valence-electron chi connectivity index (χ0n) is 11.8. The van der Waals surface area contributed by atoms with Crippen LogP contribution in [0.2, 0.25) is 0 Å². The van der Waals surface area contributed by atoms with Crippen LogP contribution in [0.15, 0.2) is 35.7 Å². The Kier molecular flexibility index (Phi) is 3.17. The SMILES string of the molecule is O=S(=O)(/C=C\c1ccccc1)N1C[C@H]2[C@H](C1)[C@H]1CC[C@H]2O1. The molecule has 4 atom stereocenters. The van der Waals surface area contributed by atoms with Gasteiger partial charge in [-0.3, -0.25) is 0 Å². The van der Waals surface area contributed by atoms with E-state index in [0.717, 1.165) is 18.4 Å². The maximum Gasteiger partial charge on any atom is 0.236 e. The molecule has 1 aromatic carbocycles. The van der Waals surface area contributed by atoms with E-state index >= 15 is 0 Å². The molecule has 0 N–H and O–H groups in total. The van der Waals surface area contributed by atoms with Crippen LogP contribution in [-0.4, -0.2) is 38.0 Å². The van der Waals surface area contributed by atoms with E-state index in [9.17, 15) is 8.42 Å². The molecule has 3 saturated heterocycles. The van der Waals surface area contributed by atoms with Crippen LogP contribution >= 0.6 is 0 Å². The van der Waals surface area contributed by atoms with Gasteiger partial charge in [0.1, 0.15) is 0 Å². The van der Waals surface area contributed by atoms with Crippen LogP contribution in [0.25, 0.3) is 6.08 Å². The summed E-state index contributed by atoms with van der Waals surface area (Å²) in [4.78, 5) is 0. The van der Waals surface area contributed by atoms with Crippen LogP contribution in [0.3, 0.4) is 0 Å². The first-order valence-corrected chi connectivity index (χ1v) is 9.02. The molecule has 0 spiro atoms. The second kappa shape index (κ2) is 4.93. The summed E-state index contributed by atoms with van der Waals surface area (Å²) >= 11 is 0. The summed E-state index contributed by atoms with van der Waals surface area (Å²) in [6.45, 7) is 1.24. The van der Waals surface area contributed by atoms with Crippen molar-refractivity contribution in [3.63, 3.8) is 0 Å². The number of fused-ring (bicyclic) bond motifs is 5. The van der Waals surface area contributed by atoms with Gasteiger partial charge in [0.15, 0.2) is 0 Å². The minimum atomic E-state index is -3.32. The average molecular weight is 305 g/mol. The van der Waals surface area contributed by atoms with Crippen molar-refractivity contribution in [2.45, 2.75) is 25.0 Å². The van der Waals surface area contributed by atoms with Gasteiger partial charge in [0, 0.05) is 30.3 Å². The molecule has 0 saturated carbocycles. The fraction of sp³-hybridized carbons (Fsp3) is 0.500. The van der Waals surface area contributed by atoms with Crippen molar-refractivity contribution < 1.29 is 13.2 Å². The third-order valence-electron chi connectivity index (χ3n) is 5.01. The number of benzene rings is 1. The van der Waals surface area contributed by atoms with E-state index in [1.165, 1.54) is 5.41 Å². The number of rotatable bonds is 3. The van der Waals surface area contributed by atoms with Crippen molar-refractivity contribution in [3.05, 3.63) is 41.3 Å². The van der Waals surface area contributed by atoms with Gasteiger partial charge < -0.3 is 4.74 Å². The number of ether oxygens (including phenoxy) is 1. The highest BCUT2D eigenvalue weighted by atomic mass is 32.2. The Balaban J connectivity index is 1.50. The fourth-order valence-electron chi connectivity index (χ4n) is 3.94. The van der Waals surface area contributed by atoms with E-state index in [4.69, 9.17) is 4.74 Å². The van der Waals surface area contributed by atoms with Gasteiger partial charge in [-0.05, 0) is 24.5 Å². The number of hydrogen-bond acceptors (Lipinski definition) is 3. The van der Waals surface area contributed by atoms with Crippen molar-refractivity contribution in [3.8, 4) is 0 Å². The molecule has 1 aromatic rings. The predicted octanol–water partition coefficient (Wildman–Crippen LogP) is 2.10. The molecule has 0 aromatic heterocycles. The zero-order valence-corrected chi connectivity index (χ0v) is 12.6. The van der Waals surface area contributed by atoms with Crippen molar-refractivity contribution in [2.75, 3.05) is 13.1 Å². The maximum atomic E-state index is 12.5. The minimum absolute atomic E-state index is 0.290. The topological polar surface area (TPSA) is 46.6 Å². The highest BCUT2D eigenvalue weighted by Gasteiger charge is 2.54. The Labute approximate surface area is 125 Å². The predicted molar refractivity (Wildman–Crippen MR) is 80.8 cm³/mol. The highest BCUT2D eigenvalue weighted by molar-refractivity contribution is 7.92. The summed E-state index contributed by atoms with van der Waals surface area (Å²) in [7, 11) is -3.32. The average Bonchev–Trinajstić information content (AvgIpc) is 3.18. The van der Waals surface area contributed by atoms with Gasteiger partial charge in [-0.2, -0.15) is 4.31 Å². The summed E-state index contributed by atoms with van der Waals surface area (Å²) in [6, 6.07) is 9.53. The van der Waals surface area contributed by atoms with Gasteiger partial charge in [-0.25, -0.2) is 8.42 Å².